The van der Waals surface area contributed by atoms with Crippen LogP contribution in [0, 0.1) is 0 Å². The molecule has 2 aromatic carbocycles. The molecular formula is C15H15NO2. The van der Waals surface area contributed by atoms with Crippen LogP contribution in [0.15, 0.2) is 48.5 Å². The van der Waals surface area contributed by atoms with Gasteiger partial charge in [0.15, 0.2) is 5.78 Å². The zero-order chi connectivity index (χ0) is 13.0. The normalized spacial score (nSPS) is 10.1. The van der Waals surface area contributed by atoms with E-state index in [0.29, 0.717) is 23.4 Å². The van der Waals surface area contributed by atoms with Crippen molar-refractivity contribution in [2.24, 2.45) is 0 Å². The van der Waals surface area contributed by atoms with E-state index in [-0.39, 0.29) is 5.78 Å². The number of ketones is 1. The molecule has 0 saturated carbocycles. The average Bonchev–Trinajstić information content (AvgIpc) is 2.40. The minimum absolute atomic E-state index is 0.0730. The van der Waals surface area contributed by atoms with E-state index in [1.165, 1.54) is 0 Å². The summed E-state index contributed by atoms with van der Waals surface area (Å²) in [5, 5.41) is 0. The zero-order valence-corrected chi connectivity index (χ0v) is 10.2. The number of carbonyl (C=O) groups is 1. The summed E-state index contributed by atoms with van der Waals surface area (Å²) in [4.78, 5) is 12.2. The van der Waals surface area contributed by atoms with Crippen LogP contribution in [0.25, 0.3) is 0 Å². The number of para-hydroxylation sites is 1. The molecule has 0 unspecified atom stereocenters. The van der Waals surface area contributed by atoms with E-state index in [9.17, 15) is 4.79 Å². The van der Waals surface area contributed by atoms with E-state index in [2.05, 4.69) is 0 Å². The SMILES string of the molecule is CCOc1ccc(C(=O)c2ccccc2N)cc1. The predicted molar refractivity (Wildman–Crippen MR) is 71.9 cm³/mol. The van der Waals surface area contributed by atoms with Crippen LogP contribution in [0.4, 0.5) is 5.69 Å². The van der Waals surface area contributed by atoms with Crippen molar-refractivity contribution in [1.29, 1.82) is 0 Å². The topological polar surface area (TPSA) is 52.3 Å². The molecule has 18 heavy (non-hydrogen) atoms. The Hall–Kier alpha value is -2.29. The number of anilines is 1. The number of hydrogen-bond acceptors (Lipinski definition) is 3. The first-order chi connectivity index (χ1) is 8.72. The van der Waals surface area contributed by atoms with Crippen LogP contribution in [0.5, 0.6) is 5.75 Å². The fourth-order valence-electron chi connectivity index (χ4n) is 1.73. The third-order valence-electron chi connectivity index (χ3n) is 2.63. The second-order valence-electron chi connectivity index (χ2n) is 3.87. The van der Waals surface area contributed by atoms with Crippen molar-refractivity contribution in [1.82, 2.24) is 0 Å². The molecule has 0 fully saturated rings. The van der Waals surface area contributed by atoms with Crippen LogP contribution in [0.3, 0.4) is 0 Å². The lowest BCUT2D eigenvalue weighted by molar-refractivity contribution is 0.103. The van der Waals surface area contributed by atoms with Gasteiger partial charge < -0.3 is 10.5 Å². The second-order valence-corrected chi connectivity index (χ2v) is 3.87. The Morgan fingerprint density at radius 2 is 1.78 bits per heavy atom. The Balaban J connectivity index is 2.27. The Kier molecular flexibility index (Phi) is 3.63. The van der Waals surface area contributed by atoms with Crippen LogP contribution >= 0.6 is 0 Å². The van der Waals surface area contributed by atoms with E-state index >= 15 is 0 Å². The predicted octanol–water partition coefficient (Wildman–Crippen LogP) is 2.90. The Morgan fingerprint density at radius 1 is 1.11 bits per heavy atom. The molecule has 0 heterocycles. The van der Waals surface area contributed by atoms with E-state index in [1.54, 1.807) is 42.5 Å². The van der Waals surface area contributed by atoms with E-state index in [4.69, 9.17) is 10.5 Å². The van der Waals surface area contributed by atoms with Gasteiger partial charge in [-0.2, -0.15) is 0 Å². The maximum absolute atomic E-state index is 12.2. The van der Waals surface area contributed by atoms with Crippen molar-refractivity contribution < 1.29 is 9.53 Å². The number of ether oxygens (including phenoxy) is 1. The maximum atomic E-state index is 12.2. The minimum Gasteiger partial charge on any atom is -0.494 e. The summed E-state index contributed by atoms with van der Waals surface area (Å²) in [6.45, 7) is 2.53. The van der Waals surface area contributed by atoms with Gasteiger partial charge in [-0.15, -0.1) is 0 Å². The fourth-order valence-corrected chi connectivity index (χ4v) is 1.73. The third kappa shape index (κ3) is 2.51. The van der Waals surface area contributed by atoms with Gasteiger partial charge >= 0.3 is 0 Å². The number of rotatable bonds is 4. The van der Waals surface area contributed by atoms with Gasteiger partial charge in [0.1, 0.15) is 5.75 Å². The van der Waals surface area contributed by atoms with Crippen molar-refractivity contribution in [2.75, 3.05) is 12.3 Å². The standard InChI is InChI=1S/C15H15NO2/c1-2-18-12-9-7-11(8-10-12)15(17)13-5-3-4-6-14(13)16/h3-10H,2,16H2,1H3. The van der Waals surface area contributed by atoms with Crippen molar-refractivity contribution in [3.63, 3.8) is 0 Å². The second kappa shape index (κ2) is 5.36. The Bertz CT molecular complexity index is 547. The molecule has 0 aliphatic rings. The Labute approximate surface area is 106 Å². The van der Waals surface area contributed by atoms with Crippen LogP contribution in [-0.2, 0) is 0 Å². The third-order valence-corrected chi connectivity index (χ3v) is 2.63. The van der Waals surface area contributed by atoms with Crippen molar-refractivity contribution in [3.05, 3.63) is 59.7 Å². The van der Waals surface area contributed by atoms with Crippen LogP contribution in [0.2, 0.25) is 0 Å². The van der Waals surface area contributed by atoms with E-state index < -0.39 is 0 Å². The first kappa shape index (κ1) is 12.2. The van der Waals surface area contributed by atoms with Gasteiger partial charge in [0.25, 0.3) is 0 Å². The first-order valence-corrected chi connectivity index (χ1v) is 5.84. The van der Waals surface area contributed by atoms with Gasteiger partial charge in [0.2, 0.25) is 0 Å². The summed E-state index contributed by atoms with van der Waals surface area (Å²) in [5.41, 5.74) is 7.42. The van der Waals surface area contributed by atoms with Crippen molar-refractivity contribution >= 4 is 11.5 Å². The zero-order valence-electron chi connectivity index (χ0n) is 10.2. The molecule has 0 aromatic heterocycles. The summed E-state index contributed by atoms with van der Waals surface area (Å²) < 4.78 is 5.33. The number of benzene rings is 2. The molecule has 2 N–H and O–H groups in total. The monoisotopic (exact) mass is 241 g/mol. The number of nitrogen functional groups attached to an aromatic ring is 1. The lowest BCUT2D eigenvalue weighted by Gasteiger charge is -2.06. The number of carbonyl (C=O) groups excluding carboxylic acids is 1. The van der Waals surface area contributed by atoms with Crippen molar-refractivity contribution in [3.8, 4) is 5.75 Å². The smallest absolute Gasteiger partial charge is 0.195 e. The highest BCUT2D eigenvalue weighted by Crippen LogP contribution is 2.18. The highest BCUT2D eigenvalue weighted by atomic mass is 16.5. The number of nitrogens with two attached hydrogens (primary N) is 1. The molecular weight excluding hydrogens is 226 g/mol. The summed E-state index contributed by atoms with van der Waals surface area (Å²) >= 11 is 0. The molecule has 0 amide bonds. The highest BCUT2D eigenvalue weighted by Gasteiger charge is 2.11. The molecule has 2 rings (SSSR count). The van der Waals surface area contributed by atoms with Gasteiger partial charge in [-0.3, -0.25) is 4.79 Å². The fraction of sp³-hybridized carbons (Fsp3) is 0.133. The van der Waals surface area contributed by atoms with Crippen molar-refractivity contribution in [2.45, 2.75) is 6.92 Å². The van der Waals surface area contributed by atoms with Gasteiger partial charge in [-0.1, -0.05) is 12.1 Å². The maximum Gasteiger partial charge on any atom is 0.195 e. The largest absolute Gasteiger partial charge is 0.494 e. The first-order valence-electron chi connectivity index (χ1n) is 5.84. The molecule has 0 atom stereocenters. The Morgan fingerprint density at radius 3 is 2.39 bits per heavy atom. The average molecular weight is 241 g/mol. The lowest BCUT2D eigenvalue weighted by Crippen LogP contribution is -2.05. The summed E-state index contributed by atoms with van der Waals surface area (Å²) in [6, 6.07) is 14.1. The minimum atomic E-state index is -0.0730. The molecule has 2 aromatic rings. The summed E-state index contributed by atoms with van der Waals surface area (Å²) in [5.74, 6) is 0.686. The van der Waals surface area contributed by atoms with E-state index in [0.717, 1.165) is 5.75 Å². The van der Waals surface area contributed by atoms with Gasteiger partial charge in [-0.05, 0) is 43.3 Å². The van der Waals surface area contributed by atoms with Crippen LogP contribution < -0.4 is 10.5 Å². The molecule has 0 radical (unpaired) electrons. The van der Waals surface area contributed by atoms with Crippen LogP contribution in [-0.4, -0.2) is 12.4 Å². The molecule has 0 aliphatic carbocycles. The molecule has 0 saturated heterocycles. The molecule has 0 spiro atoms. The summed E-state index contributed by atoms with van der Waals surface area (Å²) in [7, 11) is 0. The van der Waals surface area contributed by atoms with Gasteiger partial charge in [-0.25, -0.2) is 0 Å². The molecule has 92 valence electrons. The molecule has 3 heteroatoms. The molecule has 0 bridgehead atoms. The van der Waals surface area contributed by atoms with Gasteiger partial charge in [0, 0.05) is 16.8 Å². The number of hydrogen-bond donors (Lipinski definition) is 1. The highest BCUT2D eigenvalue weighted by molar-refractivity contribution is 6.12. The summed E-state index contributed by atoms with van der Waals surface area (Å²) in [6.07, 6.45) is 0. The lowest BCUT2D eigenvalue weighted by atomic mass is 10.0. The molecule has 3 nitrogen and oxygen atoms in total. The molecule has 0 aliphatic heterocycles. The van der Waals surface area contributed by atoms with E-state index in [1.807, 2.05) is 13.0 Å². The van der Waals surface area contributed by atoms with Crippen LogP contribution in [0.1, 0.15) is 22.8 Å². The van der Waals surface area contributed by atoms with Gasteiger partial charge in [0.05, 0.1) is 6.61 Å². The quantitative estimate of drug-likeness (QED) is 0.661.